The molecule has 1 aliphatic heterocycles. The second-order valence-electron chi connectivity index (χ2n) is 10.2. The number of hydrogen-bond acceptors (Lipinski definition) is 5. The molecule has 0 unspecified atom stereocenters. The van der Waals surface area contributed by atoms with E-state index in [2.05, 4.69) is 54.3 Å². The van der Waals surface area contributed by atoms with Crippen LogP contribution in [-0.4, -0.2) is 71.9 Å². The van der Waals surface area contributed by atoms with Crippen LogP contribution in [0.15, 0.2) is 54.6 Å². The van der Waals surface area contributed by atoms with Crippen LogP contribution in [0.3, 0.4) is 0 Å². The van der Waals surface area contributed by atoms with Crippen LogP contribution in [0.4, 0.5) is 5.82 Å². The smallest absolute Gasteiger partial charge is 0.254 e. The molecule has 7 heteroatoms. The third-order valence-electron chi connectivity index (χ3n) is 7.21. The number of amides is 1. The number of carbonyl (C=O) groups excluding carboxylic acids is 1. The lowest BCUT2D eigenvalue weighted by Gasteiger charge is -2.36. The molecule has 1 aliphatic rings. The number of aryl methyl sites for hydroxylation is 1. The first kappa shape index (κ1) is 26.7. The van der Waals surface area contributed by atoms with Gasteiger partial charge in [0.25, 0.3) is 5.91 Å². The number of nitrogens with zero attached hydrogens (tertiary/aromatic N) is 5. The molecule has 0 radical (unpaired) electrons. The highest BCUT2D eigenvalue weighted by Gasteiger charge is 2.28. The van der Waals surface area contributed by atoms with E-state index in [1.165, 1.54) is 0 Å². The van der Waals surface area contributed by atoms with Crippen molar-refractivity contribution in [1.82, 2.24) is 19.6 Å². The van der Waals surface area contributed by atoms with Crippen molar-refractivity contribution < 1.29 is 9.53 Å². The number of carbonyl (C=O) groups is 1. The Balaban J connectivity index is 1.73. The molecule has 0 bridgehead atoms. The number of benzene rings is 2. The van der Waals surface area contributed by atoms with Crippen molar-refractivity contribution in [2.75, 3.05) is 51.3 Å². The minimum atomic E-state index is 0.0214. The molecule has 4 rings (SSSR count). The van der Waals surface area contributed by atoms with Crippen molar-refractivity contribution in [3.8, 4) is 11.4 Å². The quantitative estimate of drug-likeness (QED) is 0.389. The van der Waals surface area contributed by atoms with Gasteiger partial charge >= 0.3 is 0 Å². The number of piperazine rings is 1. The van der Waals surface area contributed by atoms with E-state index >= 15 is 0 Å². The Labute approximate surface area is 221 Å². The highest BCUT2D eigenvalue weighted by atomic mass is 16.5. The van der Waals surface area contributed by atoms with Gasteiger partial charge in [-0.2, -0.15) is 5.10 Å². The molecule has 2 aromatic carbocycles. The first-order valence-corrected chi connectivity index (χ1v) is 13.5. The second kappa shape index (κ2) is 12.3. The number of para-hydroxylation sites is 1. The Bertz CT molecular complexity index is 1170. The van der Waals surface area contributed by atoms with Crippen molar-refractivity contribution in [3.63, 3.8) is 0 Å². The molecule has 1 aromatic heterocycles. The topological polar surface area (TPSA) is 53.8 Å². The first-order valence-electron chi connectivity index (χ1n) is 13.5. The number of hydrogen-bond donors (Lipinski definition) is 0. The third kappa shape index (κ3) is 6.34. The van der Waals surface area contributed by atoms with Gasteiger partial charge in [0.2, 0.25) is 0 Å². The van der Waals surface area contributed by atoms with Crippen LogP contribution in [0.2, 0.25) is 0 Å². The third-order valence-corrected chi connectivity index (χ3v) is 7.21. The van der Waals surface area contributed by atoms with E-state index in [4.69, 9.17) is 9.84 Å². The number of methoxy groups -OCH3 is 1. The summed E-state index contributed by atoms with van der Waals surface area (Å²) in [4.78, 5) is 20.7. The van der Waals surface area contributed by atoms with Gasteiger partial charge in [-0.15, -0.1) is 0 Å². The molecule has 0 aliphatic carbocycles. The molecule has 1 amide bonds. The summed E-state index contributed by atoms with van der Waals surface area (Å²) in [6.45, 7) is 14.9. The van der Waals surface area contributed by atoms with Crippen LogP contribution in [-0.2, 0) is 6.54 Å². The lowest BCUT2D eigenvalue weighted by molar-refractivity contribution is 0.0735. The lowest BCUT2D eigenvalue weighted by Crippen LogP contribution is -2.47. The van der Waals surface area contributed by atoms with Gasteiger partial charge in [-0.05, 0) is 56.1 Å². The zero-order valence-electron chi connectivity index (χ0n) is 23.0. The predicted octanol–water partition coefficient (Wildman–Crippen LogP) is 5.02. The highest BCUT2D eigenvalue weighted by Crippen LogP contribution is 2.30. The SMILES string of the molecule is CCN1CCN(c2c(CN(CCC(C)C)C(=O)c3cccc(OC)c3)c(C)nn2-c2ccccc2)CC1. The standard InChI is InChI=1S/C30H41N5O2/c1-6-32-17-19-33(20-18-32)29-28(24(4)31-35(29)26-12-8-7-9-13-26)22-34(16-15-23(2)3)30(36)25-11-10-14-27(21-25)37-5/h7-14,21,23H,6,15-20,22H2,1-5H3. The van der Waals surface area contributed by atoms with E-state index < -0.39 is 0 Å². The molecule has 2 heterocycles. The number of anilines is 1. The number of likely N-dealkylation sites (N-methyl/N-ethyl adjacent to an activating group) is 1. The van der Waals surface area contributed by atoms with Gasteiger partial charge in [0.15, 0.2) is 0 Å². The molecule has 1 saturated heterocycles. The van der Waals surface area contributed by atoms with Gasteiger partial charge < -0.3 is 19.4 Å². The van der Waals surface area contributed by atoms with Gasteiger partial charge in [-0.25, -0.2) is 4.68 Å². The fraction of sp³-hybridized carbons (Fsp3) is 0.467. The second-order valence-corrected chi connectivity index (χ2v) is 10.2. The van der Waals surface area contributed by atoms with Gasteiger partial charge in [0.05, 0.1) is 25.0 Å². The molecular weight excluding hydrogens is 462 g/mol. The molecule has 0 saturated carbocycles. The van der Waals surface area contributed by atoms with Crippen molar-refractivity contribution in [2.45, 2.75) is 40.7 Å². The van der Waals surface area contributed by atoms with Crippen molar-refractivity contribution in [3.05, 3.63) is 71.4 Å². The molecule has 1 fully saturated rings. The van der Waals surface area contributed by atoms with E-state index in [0.717, 1.165) is 61.9 Å². The molecule has 0 atom stereocenters. The molecule has 7 nitrogen and oxygen atoms in total. The van der Waals surface area contributed by atoms with E-state index in [-0.39, 0.29) is 5.91 Å². The number of ether oxygens (including phenoxy) is 1. The predicted molar refractivity (Wildman–Crippen MR) is 150 cm³/mol. The summed E-state index contributed by atoms with van der Waals surface area (Å²) in [5.41, 5.74) is 3.77. The maximum absolute atomic E-state index is 13.8. The Hall–Kier alpha value is -3.32. The summed E-state index contributed by atoms with van der Waals surface area (Å²) >= 11 is 0. The van der Waals surface area contributed by atoms with Crippen LogP contribution < -0.4 is 9.64 Å². The van der Waals surface area contributed by atoms with Crippen LogP contribution >= 0.6 is 0 Å². The van der Waals surface area contributed by atoms with Crippen LogP contribution in [0, 0.1) is 12.8 Å². The zero-order chi connectivity index (χ0) is 26.4. The first-order chi connectivity index (χ1) is 17.9. The minimum absolute atomic E-state index is 0.0214. The molecule has 37 heavy (non-hydrogen) atoms. The molecule has 0 N–H and O–H groups in total. The van der Waals surface area contributed by atoms with E-state index in [1.54, 1.807) is 7.11 Å². The van der Waals surface area contributed by atoms with E-state index in [9.17, 15) is 4.79 Å². The summed E-state index contributed by atoms with van der Waals surface area (Å²) in [5.74, 6) is 2.31. The van der Waals surface area contributed by atoms with E-state index in [1.807, 2.05) is 47.4 Å². The molecule has 0 spiro atoms. The van der Waals surface area contributed by atoms with Crippen molar-refractivity contribution >= 4 is 11.7 Å². The Morgan fingerprint density at radius 3 is 2.43 bits per heavy atom. The van der Waals surface area contributed by atoms with Crippen LogP contribution in [0.1, 0.15) is 48.8 Å². The Morgan fingerprint density at radius 1 is 1.05 bits per heavy atom. The fourth-order valence-corrected chi connectivity index (χ4v) is 4.88. The Kier molecular flexibility index (Phi) is 8.87. The average molecular weight is 504 g/mol. The monoisotopic (exact) mass is 503 g/mol. The summed E-state index contributed by atoms with van der Waals surface area (Å²) in [6.07, 6.45) is 0.937. The number of aromatic nitrogens is 2. The average Bonchev–Trinajstić information content (AvgIpc) is 3.26. The van der Waals surface area contributed by atoms with Crippen molar-refractivity contribution in [1.29, 1.82) is 0 Å². The molecular formula is C30H41N5O2. The zero-order valence-corrected chi connectivity index (χ0v) is 23.0. The Morgan fingerprint density at radius 2 is 1.78 bits per heavy atom. The maximum Gasteiger partial charge on any atom is 0.254 e. The normalized spacial score (nSPS) is 14.3. The lowest BCUT2D eigenvalue weighted by atomic mass is 10.1. The fourth-order valence-electron chi connectivity index (χ4n) is 4.88. The van der Waals surface area contributed by atoms with Gasteiger partial charge in [-0.1, -0.05) is 45.0 Å². The van der Waals surface area contributed by atoms with Gasteiger partial charge in [0, 0.05) is 43.9 Å². The number of rotatable bonds is 10. The maximum atomic E-state index is 13.8. The summed E-state index contributed by atoms with van der Waals surface area (Å²) in [5, 5.41) is 5.01. The minimum Gasteiger partial charge on any atom is -0.497 e. The summed E-state index contributed by atoms with van der Waals surface area (Å²) in [6, 6.07) is 17.8. The van der Waals surface area contributed by atoms with Crippen LogP contribution in [0.5, 0.6) is 5.75 Å². The molecule has 198 valence electrons. The van der Waals surface area contributed by atoms with Crippen LogP contribution in [0.25, 0.3) is 5.69 Å². The van der Waals surface area contributed by atoms with Gasteiger partial charge in [0.1, 0.15) is 11.6 Å². The highest BCUT2D eigenvalue weighted by molar-refractivity contribution is 5.94. The summed E-state index contributed by atoms with van der Waals surface area (Å²) in [7, 11) is 1.63. The summed E-state index contributed by atoms with van der Waals surface area (Å²) < 4.78 is 7.47. The van der Waals surface area contributed by atoms with Gasteiger partial charge in [-0.3, -0.25) is 4.79 Å². The van der Waals surface area contributed by atoms with Crippen molar-refractivity contribution in [2.24, 2.45) is 5.92 Å². The van der Waals surface area contributed by atoms with E-state index in [0.29, 0.717) is 30.3 Å². The largest absolute Gasteiger partial charge is 0.497 e. The molecule has 3 aromatic rings.